The minimum absolute atomic E-state index is 0.142. The van der Waals surface area contributed by atoms with E-state index in [1.807, 2.05) is 5.32 Å². The van der Waals surface area contributed by atoms with Crippen LogP contribution < -0.4 is 15.4 Å². The van der Waals surface area contributed by atoms with E-state index in [0.29, 0.717) is 11.4 Å². The number of amides is 1. The van der Waals surface area contributed by atoms with E-state index in [1.165, 1.54) is 13.3 Å². The summed E-state index contributed by atoms with van der Waals surface area (Å²) in [5.74, 6) is -0.166. The summed E-state index contributed by atoms with van der Waals surface area (Å²) >= 11 is 0. The van der Waals surface area contributed by atoms with Crippen molar-refractivity contribution in [3.05, 3.63) is 23.9 Å². The third-order valence-electron chi connectivity index (χ3n) is 2.13. The number of nitrogens with zero attached hydrogens (tertiary/aromatic N) is 1. The molecule has 2 N–H and O–H groups in total. The number of alkyl halides is 3. The van der Waals surface area contributed by atoms with Gasteiger partial charge in [0, 0.05) is 18.3 Å². The Labute approximate surface area is 108 Å². The SMILES string of the molecule is COc1ncccc1CNC(=O)CNCC(F)(F)F. The molecule has 106 valence electrons. The first-order valence-corrected chi connectivity index (χ1v) is 5.44. The fourth-order valence-electron chi connectivity index (χ4n) is 1.32. The van der Waals surface area contributed by atoms with Crippen molar-refractivity contribution in [3.63, 3.8) is 0 Å². The van der Waals surface area contributed by atoms with E-state index in [-0.39, 0.29) is 6.54 Å². The number of hydrogen-bond acceptors (Lipinski definition) is 4. The number of carbonyl (C=O) groups is 1. The Morgan fingerprint density at radius 2 is 2.21 bits per heavy atom. The van der Waals surface area contributed by atoms with Gasteiger partial charge in [-0.3, -0.25) is 4.79 Å². The third-order valence-corrected chi connectivity index (χ3v) is 2.13. The van der Waals surface area contributed by atoms with E-state index < -0.39 is 25.2 Å². The molecule has 5 nitrogen and oxygen atoms in total. The molecule has 0 spiro atoms. The molecule has 1 aromatic rings. The molecule has 1 amide bonds. The van der Waals surface area contributed by atoms with Gasteiger partial charge in [0.1, 0.15) is 0 Å². The molecule has 0 unspecified atom stereocenters. The highest BCUT2D eigenvalue weighted by molar-refractivity contribution is 5.78. The highest BCUT2D eigenvalue weighted by atomic mass is 19.4. The molecule has 1 heterocycles. The number of nitrogens with one attached hydrogen (secondary N) is 2. The Bertz CT molecular complexity index is 424. The van der Waals surface area contributed by atoms with Crippen LogP contribution >= 0.6 is 0 Å². The standard InChI is InChI=1S/C11H14F3N3O2/c1-19-10-8(3-2-4-16-10)5-17-9(18)6-15-7-11(12,13)14/h2-4,15H,5-7H2,1H3,(H,17,18). The quantitative estimate of drug-likeness (QED) is 0.809. The number of methoxy groups -OCH3 is 1. The summed E-state index contributed by atoms with van der Waals surface area (Å²) in [7, 11) is 1.44. The molecular weight excluding hydrogens is 263 g/mol. The van der Waals surface area contributed by atoms with Crippen LogP contribution in [0.1, 0.15) is 5.56 Å². The molecular formula is C11H14F3N3O2. The van der Waals surface area contributed by atoms with Gasteiger partial charge in [0.15, 0.2) is 0 Å². The zero-order valence-electron chi connectivity index (χ0n) is 10.3. The van der Waals surface area contributed by atoms with Crippen molar-refractivity contribution < 1.29 is 22.7 Å². The molecule has 0 saturated heterocycles. The van der Waals surface area contributed by atoms with Crippen molar-refractivity contribution in [2.24, 2.45) is 0 Å². The lowest BCUT2D eigenvalue weighted by atomic mass is 10.2. The first-order chi connectivity index (χ1) is 8.92. The summed E-state index contributed by atoms with van der Waals surface area (Å²) in [5, 5.41) is 4.48. The maximum absolute atomic E-state index is 11.8. The second-order valence-electron chi connectivity index (χ2n) is 3.67. The molecule has 0 aliphatic carbocycles. The first kappa shape index (κ1) is 15.2. The number of hydrogen-bond donors (Lipinski definition) is 2. The average Bonchev–Trinajstić information content (AvgIpc) is 2.35. The second kappa shape index (κ2) is 6.93. The lowest BCUT2D eigenvalue weighted by Gasteiger charge is -2.10. The summed E-state index contributed by atoms with van der Waals surface area (Å²) in [6, 6.07) is 3.38. The number of aromatic nitrogens is 1. The van der Waals surface area contributed by atoms with Gasteiger partial charge in [0.25, 0.3) is 0 Å². The summed E-state index contributed by atoms with van der Waals surface area (Å²) in [6.45, 7) is -1.46. The van der Waals surface area contributed by atoms with Crippen LogP contribution in [0, 0.1) is 0 Å². The van der Waals surface area contributed by atoms with E-state index in [2.05, 4.69) is 10.3 Å². The highest BCUT2D eigenvalue weighted by Crippen LogP contribution is 2.13. The summed E-state index contributed by atoms with van der Waals surface area (Å²) in [5.41, 5.74) is 0.647. The molecule has 0 aromatic carbocycles. The number of halogens is 3. The predicted octanol–water partition coefficient (Wildman–Crippen LogP) is 0.858. The second-order valence-corrected chi connectivity index (χ2v) is 3.67. The largest absolute Gasteiger partial charge is 0.481 e. The van der Waals surface area contributed by atoms with Gasteiger partial charge in [-0.25, -0.2) is 4.98 Å². The minimum Gasteiger partial charge on any atom is -0.481 e. The number of rotatable bonds is 6. The van der Waals surface area contributed by atoms with E-state index in [4.69, 9.17) is 4.74 Å². The van der Waals surface area contributed by atoms with Gasteiger partial charge in [-0.2, -0.15) is 13.2 Å². The van der Waals surface area contributed by atoms with Gasteiger partial charge >= 0.3 is 6.18 Å². The molecule has 0 aliphatic rings. The minimum atomic E-state index is -4.33. The van der Waals surface area contributed by atoms with Crippen molar-refractivity contribution in [2.75, 3.05) is 20.2 Å². The fourth-order valence-corrected chi connectivity index (χ4v) is 1.32. The average molecular weight is 277 g/mol. The van der Waals surface area contributed by atoms with E-state index >= 15 is 0 Å². The van der Waals surface area contributed by atoms with Crippen LogP contribution in [0.4, 0.5) is 13.2 Å². The molecule has 1 rings (SSSR count). The zero-order chi connectivity index (χ0) is 14.3. The molecule has 0 atom stereocenters. The molecule has 8 heteroatoms. The molecule has 1 aromatic heterocycles. The normalized spacial score (nSPS) is 11.2. The Balaban J connectivity index is 2.34. The van der Waals surface area contributed by atoms with Crippen molar-refractivity contribution in [1.82, 2.24) is 15.6 Å². The van der Waals surface area contributed by atoms with Crippen molar-refractivity contribution >= 4 is 5.91 Å². The van der Waals surface area contributed by atoms with E-state index in [0.717, 1.165) is 0 Å². The lowest BCUT2D eigenvalue weighted by molar-refractivity contribution is -0.128. The van der Waals surface area contributed by atoms with Crippen LogP contribution in [-0.4, -0.2) is 37.3 Å². The van der Waals surface area contributed by atoms with Crippen molar-refractivity contribution in [3.8, 4) is 5.88 Å². The van der Waals surface area contributed by atoms with Gasteiger partial charge in [-0.1, -0.05) is 6.07 Å². The van der Waals surface area contributed by atoms with E-state index in [9.17, 15) is 18.0 Å². The van der Waals surface area contributed by atoms with Crippen LogP contribution in [0.2, 0.25) is 0 Å². The smallest absolute Gasteiger partial charge is 0.401 e. The monoisotopic (exact) mass is 277 g/mol. The van der Waals surface area contributed by atoms with Crippen molar-refractivity contribution in [2.45, 2.75) is 12.7 Å². The molecule has 0 radical (unpaired) electrons. The maximum atomic E-state index is 11.8. The number of pyridine rings is 1. The molecule has 0 saturated carbocycles. The van der Waals surface area contributed by atoms with Gasteiger partial charge in [0.2, 0.25) is 11.8 Å². The zero-order valence-corrected chi connectivity index (χ0v) is 10.3. The van der Waals surface area contributed by atoms with Crippen LogP contribution in [0.3, 0.4) is 0 Å². The highest BCUT2D eigenvalue weighted by Gasteiger charge is 2.26. The summed E-state index contributed by atoms with van der Waals surface area (Å²) in [4.78, 5) is 15.2. The van der Waals surface area contributed by atoms with Crippen LogP contribution in [0.5, 0.6) is 5.88 Å². The topological polar surface area (TPSA) is 63.2 Å². The van der Waals surface area contributed by atoms with Gasteiger partial charge in [-0.05, 0) is 6.07 Å². The fraction of sp³-hybridized carbons (Fsp3) is 0.455. The predicted molar refractivity (Wildman–Crippen MR) is 61.6 cm³/mol. The number of ether oxygens (including phenoxy) is 1. The van der Waals surface area contributed by atoms with Gasteiger partial charge in [0.05, 0.1) is 20.2 Å². The molecule has 19 heavy (non-hydrogen) atoms. The van der Waals surface area contributed by atoms with Crippen molar-refractivity contribution in [1.29, 1.82) is 0 Å². The van der Waals surface area contributed by atoms with Gasteiger partial charge < -0.3 is 15.4 Å². The maximum Gasteiger partial charge on any atom is 0.401 e. The van der Waals surface area contributed by atoms with Crippen LogP contribution in [0.15, 0.2) is 18.3 Å². The number of carbonyl (C=O) groups excluding carboxylic acids is 1. The lowest BCUT2D eigenvalue weighted by Crippen LogP contribution is -2.38. The third kappa shape index (κ3) is 6.05. The van der Waals surface area contributed by atoms with Gasteiger partial charge in [-0.15, -0.1) is 0 Å². The Hall–Kier alpha value is -1.83. The Kier molecular flexibility index (Phi) is 5.56. The molecule has 0 bridgehead atoms. The van der Waals surface area contributed by atoms with Crippen LogP contribution in [-0.2, 0) is 11.3 Å². The first-order valence-electron chi connectivity index (χ1n) is 5.44. The van der Waals surface area contributed by atoms with Crippen LogP contribution in [0.25, 0.3) is 0 Å². The Morgan fingerprint density at radius 3 is 2.84 bits per heavy atom. The molecule has 0 fully saturated rings. The summed E-state index contributed by atoms with van der Waals surface area (Å²) in [6.07, 6.45) is -2.79. The molecule has 0 aliphatic heterocycles. The van der Waals surface area contributed by atoms with E-state index in [1.54, 1.807) is 12.1 Å². The Morgan fingerprint density at radius 1 is 1.47 bits per heavy atom. The summed E-state index contributed by atoms with van der Waals surface area (Å²) < 4.78 is 40.5.